The van der Waals surface area contributed by atoms with Crippen LogP contribution in [0.2, 0.25) is 0 Å². The largest absolute Gasteiger partial charge is 0.460 e. The van der Waals surface area contributed by atoms with Crippen LogP contribution in [-0.4, -0.2) is 43.0 Å². The van der Waals surface area contributed by atoms with E-state index in [1.165, 1.54) is 12.3 Å². The van der Waals surface area contributed by atoms with Crippen LogP contribution >= 0.6 is 0 Å². The zero-order valence-corrected chi connectivity index (χ0v) is 20.2. The Hall–Kier alpha value is -4.15. The van der Waals surface area contributed by atoms with Crippen molar-refractivity contribution in [2.75, 3.05) is 11.9 Å². The molecule has 188 valence electrons. The summed E-state index contributed by atoms with van der Waals surface area (Å²) in [4.78, 5) is 20.2. The second-order valence-electron chi connectivity index (χ2n) is 9.06. The van der Waals surface area contributed by atoms with Gasteiger partial charge >= 0.3 is 5.97 Å². The first-order valence-corrected chi connectivity index (χ1v) is 11.4. The Bertz CT molecular complexity index is 1330. The third-order valence-electron chi connectivity index (χ3n) is 5.00. The molecular formula is C25H26F2N6O3. The van der Waals surface area contributed by atoms with Gasteiger partial charge in [0.1, 0.15) is 29.1 Å². The molecule has 1 aromatic carbocycles. The molecule has 9 nitrogen and oxygen atoms in total. The molecule has 36 heavy (non-hydrogen) atoms. The number of ether oxygens (including phenoxy) is 1. The highest BCUT2D eigenvalue weighted by atomic mass is 19.1. The smallest absolute Gasteiger partial charge is 0.306 e. The van der Waals surface area contributed by atoms with Crippen molar-refractivity contribution in [1.82, 2.24) is 24.9 Å². The van der Waals surface area contributed by atoms with Gasteiger partial charge in [-0.1, -0.05) is 23.4 Å². The first-order chi connectivity index (χ1) is 17.2. The number of benzene rings is 1. The van der Waals surface area contributed by atoms with Crippen LogP contribution in [0.15, 0.2) is 53.4 Å². The fourth-order valence-electron chi connectivity index (χ4n) is 3.43. The molecule has 0 spiro atoms. The molecule has 0 aliphatic carbocycles. The molecule has 1 N–H and O–H groups in total. The van der Waals surface area contributed by atoms with Crippen molar-refractivity contribution in [2.45, 2.75) is 45.8 Å². The van der Waals surface area contributed by atoms with E-state index in [4.69, 9.17) is 9.26 Å². The lowest BCUT2D eigenvalue weighted by molar-refractivity contribution is -0.154. The van der Waals surface area contributed by atoms with E-state index in [1.54, 1.807) is 55.8 Å². The Morgan fingerprint density at radius 2 is 1.94 bits per heavy atom. The summed E-state index contributed by atoms with van der Waals surface area (Å²) in [6.45, 7) is 5.83. The lowest BCUT2D eigenvalue weighted by Gasteiger charge is -2.19. The maximum atomic E-state index is 14.4. The lowest BCUT2D eigenvalue weighted by atomic mass is 10.2. The normalized spacial score (nSPS) is 11.5. The topological polar surface area (TPSA) is 108 Å². The van der Waals surface area contributed by atoms with Gasteiger partial charge < -0.3 is 14.6 Å². The Morgan fingerprint density at radius 3 is 2.67 bits per heavy atom. The van der Waals surface area contributed by atoms with Crippen LogP contribution in [0, 0.1) is 11.6 Å². The number of aromatic nitrogens is 5. The monoisotopic (exact) mass is 496 g/mol. The highest BCUT2D eigenvalue weighted by Crippen LogP contribution is 2.26. The predicted molar refractivity (Wildman–Crippen MR) is 128 cm³/mol. The molecule has 0 fully saturated rings. The van der Waals surface area contributed by atoms with E-state index in [9.17, 15) is 13.6 Å². The number of hydrogen-bond donors (Lipinski definition) is 1. The number of esters is 1. The van der Waals surface area contributed by atoms with Crippen molar-refractivity contribution >= 4 is 11.8 Å². The number of halogens is 2. The number of rotatable bonds is 9. The molecule has 0 saturated heterocycles. The summed E-state index contributed by atoms with van der Waals surface area (Å²) in [7, 11) is 0. The van der Waals surface area contributed by atoms with Gasteiger partial charge in [0, 0.05) is 24.6 Å². The van der Waals surface area contributed by atoms with Gasteiger partial charge in [-0.05, 0) is 39.3 Å². The molecule has 0 bridgehead atoms. The number of nitrogens with zero attached hydrogens (tertiary/aromatic N) is 5. The van der Waals surface area contributed by atoms with Crippen LogP contribution in [-0.2, 0) is 16.1 Å². The van der Waals surface area contributed by atoms with Crippen molar-refractivity contribution in [3.05, 3.63) is 66.1 Å². The second kappa shape index (κ2) is 10.6. The fourth-order valence-corrected chi connectivity index (χ4v) is 3.43. The van der Waals surface area contributed by atoms with Crippen molar-refractivity contribution in [3.63, 3.8) is 0 Å². The average molecular weight is 497 g/mol. The highest BCUT2D eigenvalue weighted by Gasteiger charge is 2.19. The van der Waals surface area contributed by atoms with Crippen molar-refractivity contribution < 1.29 is 22.8 Å². The summed E-state index contributed by atoms with van der Waals surface area (Å²) in [6.07, 6.45) is 3.08. The molecule has 0 atom stereocenters. The van der Waals surface area contributed by atoms with Crippen LogP contribution in [0.3, 0.4) is 0 Å². The number of anilines is 1. The standard InChI is InChI=1S/C25H26F2N6O3/c1-25(2,3)36-22(34)9-6-11-28-23-18(27)14-29-24(30-23)20-13-21(19-10-12-35-32-19)33(31-20)15-16-7-4-5-8-17(16)26/h4-5,7-8,10,12-14H,6,9,11,15H2,1-3H3,(H,28,29,30). The SMILES string of the molecule is CC(C)(C)OC(=O)CCCNc1nc(-c2cc(-c3ccon3)n(Cc3ccccc3F)n2)ncc1F. The third kappa shape index (κ3) is 6.29. The molecule has 3 aromatic heterocycles. The minimum atomic E-state index is -0.640. The molecule has 0 amide bonds. The zero-order valence-electron chi connectivity index (χ0n) is 20.2. The van der Waals surface area contributed by atoms with E-state index < -0.39 is 11.4 Å². The quantitative estimate of drug-likeness (QED) is 0.259. The Morgan fingerprint density at radius 1 is 1.14 bits per heavy atom. The van der Waals surface area contributed by atoms with Crippen LogP contribution in [0.5, 0.6) is 0 Å². The minimum absolute atomic E-state index is 0.0178. The molecule has 3 heterocycles. The fraction of sp³-hybridized carbons (Fsp3) is 0.320. The summed E-state index contributed by atoms with van der Waals surface area (Å²) in [5.74, 6) is -1.18. The van der Waals surface area contributed by atoms with Gasteiger partial charge in [0.25, 0.3) is 0 Å². The average Bonchev–Trinajstić information content (AvgIpc) is 3.48. The first-order valence-electron chi connectivity index (χ1n) is 11.4. The molecule has 0 aliphatic rings. The van der Waals surface area contributed by atoms with Gasteiger partial charge in [0.15, 0.2) is 17.5 Å². The summed E-state index contributed by atoms with van der Waals surface area (Å²) >= 11 is 0. The van der Waals surface area contributed by atoms with Crippen LogP contribution in [0.4, 0.5) is 14.6 Å². The number of carbonyl (C=O) groups excluding carboxylic acids is 1. The van der Waals surface area contributed by atoms with E-state index in [0.717, 1.165) is 6.20 Å². The summed E-state index contributed by atoms with van der Waals surface area (Å²) < 4.78 is 40.4. The minimum Gasteiger partial charge on any atom is -0.460 e. The van der Waals surface area contributed by atoms with Crippen LogP contribution in [0.25, 0.3) is 22.9 Å². The summed E-state index contributed by atoms with van der Waals surface area (Å²) in [5.41, 5.74) is 1.28. The molecule has 0 unspecified atom stereocenters. The number of nitrogens with one attached hydrogen (secondary N) is 1. The van der Waals surface area contributed by atoms with Gasteiger partial charge in [-0.3, -0.25) is 9.48 Å². The van der Waals surface area contributed by atoms with E-state index in [2.05, 4.69) is 25.5 Å². The van der Waals surface area contributed by atoms with E-state index in [1.807, 2.05) is 0 Å². The van der Waals surface area contributed by atoms with Gasteiger partial charge in [-0.15, -0.1) is 0 Å². The molecule has 4 rings (SSSR count). The number of carbonyl (C=O) groups is 1. The zero-order chi connectivity index (χ0) is 25.7. The third-order valence-corrected chi connectivity index (χ3v) is 5.00. The van der Waals surface area contributed by atoms with Gasteiger partial charge in [0.05, 0.1) is 18.4 Å². The summed E-state index contributed by atoms with van der Waals surface area (Å²) in [5, 5.41) is 11.4. The maximum Gasteiger partial charge on any atom is 0.306 e. The molecule has 0 saturated carbocycles. The lowest BCUT2D eigenvalue weighted by Crippen LogP contribution is -2.24. The summed E-state index contributed by atoms with van der Waals surface area (Å²) in [6, 6.07) is 9.72. The second-order valence-corrected chi connectivity index (χ2v) is 9.06. The van der Waals surface area contributed by atoms with Gasteiger partial charge in [-0.2, -0.15) is 5.10 Å². The van der Waals surface area contributed by atoms with Crippen molar-refractivity contribution in [3.8, 4) is 22.9 Å². The molecule has 0 radical (unpaired) electrons. The Labute approximate surface area is 206 Å². The highest BCUT2D eigenvalue weighted by molar-refractivity contribution is 5.69. The van der Waals surface area contributed by atoms with E-state index >= 15 is 0 Å². The Balaban J connectivity index is 1.52. The van der Waals surface area contributed by atoms with Crippen molar-refractivity contribution in [2.24, 2.45) is 0 Å². The van der Waals surface area contributed by atoms with Crippen LogP contribution in [0.1, 0.15) is 39.2 Å². The Kier molecular flexibility index (Phi) is 7.37. The molecule has 0 aliphatic heterocycles. The maximum absolute atomic E-state index is 14.4. The number of hydrogen-bond acceptors (Lipinski definition) is 8. The molecular weight excluding hydrogens is 470 g/mol. The molecule has 11 heteroatoms. The van der Waals surface area contributed by atoms with Crippen molar-refractivity contribution in [1.29, 1.82) is 0 Å². The van der Waals surface area contributed by atoms with E-state index in [0.29, 0.717) is 35.6 Å². The predicted octanol–water partition coefficient (Wildman–Crippen LogP) is 4.86. The van der Waals surface area contributed by atoms with Gasteiger partial charge in [0.2, 0.25) is 0 Å². The first kappa shape index (κ1) is 25.0. The van der Waals surface area contributed by atoms with E-state index in [-0.39, 0.29) is 36.4 Å². The molecule has 4 aromatic rings. The van der Waals surface area contributed by atoms with Gasteiger partial charge in [-0.25, -0.2) is 18.7 Å². The van der Waals surface area contributed by atoms with Crippen LogP contribution < -0.4 is 5.32 Å².